The summed E-state index contributed by atoms with van der Waals surface area (Å²) in [5.41, 5.74) is 0. The molecule has 3 nitrogen and oxygen atoms in total. The van der Waals surface area contributed by atoms with E-state index in [2.05, 4.69) is 19.4 Å². The molecule has 0 aromatic carbocycles. The van der Waals surface area contributed by atoms with Gasteiger partial charge in [0.05, 0.1) is 7.11 Å². The third-order valence-electron chi connectivity index (χ3n) is 4.82. The standard InChI is InChI=1S/C20H40O3S2/c1-6-7-8-9-10-11-12-15-18(24-4)19(25-5)16-13-14-17(22-2)20(21)23-3/h17-19H,6-16H2,1-5H3. The van der Waals surface area contributed by atoms with Crippen LogP contribution >= 0.6 is 23.5 Å². The lowest BCUT2D eigenvalue weighted by molar-refractivity contribution is -0.152. The molecule has 0 bridgehead atoms. The van der Waals surface area contributed by atoms with Gasteiger partial charge < -0.3 is 9.47 Å². The van der Waals surface area contributed by atoms with Crippen LogP contribution in [-0.4, -0.2) is 49.3 Å². The van der Waals surface area contributed by atoms with Crippen LogP contribution in [0.2, 0.25) is 0 Å². The zero-order valence-electron chi connectivity index (χ0n) is 17.1. The van der Waals surface area contributed by atoms with Crippen molar-refractivity contribution in [2.45, 2.75) is 94.2 Å². The van der Waals surface area contributed by atoms with E-state index in [4.69, 9.17) is 9.47 Å². The maximum atomic E-state index is 11.6. The molecule has 0 amide bonds. The van der Waals surface area contributed by atoms with E-state index in [1.807, 2.05) is 23.5 Å². The molecule has 0 N–H and O–H groups in total. The van der Waals surface area contributed by atoms with E-state index in [-0.39, 0.29) is 5.97 Å². The number of hydrogen-bond acceptors (Lipinski definition) is 5. The molecule has 5 heteroatoms. The monoisotopic (exact) mass is 392 g/mol. The Morgan fingerprint density at radius 1 is 0.800 bits per heavy atom. The summed E-state index contributed by atoms with van der Waals surface area (Å²) < 4.78 is 10.0. The summed E-state index contributed by atoms with van der Waals surface area (Å²) in [4.78, 5) is 11.6. The van der Waals surface area contributed by atoms with E-state index in [1.165, 1.54) is 58.5 Å². The molecule has 25 heavy (non-hydrogen) atoms. The van der Waals surface area contributed by atoms with Gasteiger partial charge in [-0.2, -0.15) is 23.5 Å². The van der Waals surface area contributed by atoms with Gasteiger partial charge in [-0.25, -0.2) is 4.79 Å². The van der Waals surface area contributed by atoms with E-state index >= 15 is 0 Å². The van der Waals surface area contributed by atoms with E-state index < -0.39 is 6.10 Å². The molecule has 3 unspecified atom stereocenters. The number of carbonyl (C=O) groups excluding carboxylic acids is 1. The molecule has 0 rings (SSSR count). The fourth-order valence-corrected chi connectivity index (χ4v) is 5.53. The first-order valence-electron chi connectivity index (χ1n) is 9.80. The van der Waals surface area contributed by atoms with E-state index in [1.54, 1.807) is 7.11 Å². The van der Waals surface area contributed by atoms with Crippen LogP contribution in [0.4, 0.5) is 0 Å². The molecule has 0 heterocycles. The van der Waals surface area contributed by atoms with Gasteiger partial charge in [0.2, 0.25) is 0 Å². The third kappa shape index (κ3) is 12.2. The summed E-state index contributed by atoms with van der Waals surface area (Å²) in [6.45, 7) is 2.27. The molecule has 0 spiro atoms. The van der Waals surface area contributed by atoms with Gasteiger partial charge in [-0.15, -0.1) is 0 Å². The Labute approximate surface area is 164 Å². The number of methoxy groups -OCH3 is 2. The van der Waals surface area contributed by atoms with Crippen LogP contribution in [-0.2, 0) is 14.3 Å². The molecule has 0 aromatic rings. The first kappa shape index (κ1) is 25.1. The molecular formula is C20H40O3S2. The van der Waals surface area contributed by atoms with Gasteiger partial charge in [0.15, 0.2) is 6.10 Å². The number of thioether (sulfide) groups is 2. The second-order valence-corrected chi connectivity index (χ2v) is 8.79. The van der Waals surface area contributed by atoms with Gasteiger partial charge in [-0.3, -0.25) is 0 Å². The third-order valence-corrected chi connectivity index (χ3v) is 7.33. The second kappa shape index (κ2) is 17.5. The highest BCUT2D eigenvalue weighted by Gasteiger charge is 2.22. The van der Waals surface area contributed by atoms with Crippen LogP contribution in [0.25, 0.3) is 0 Å². The lowest BCUT2D eigenvalue weighted by atomic mass is 10.0. The van der Waals surface area contributed by atoms with E-state index in [0.717, 1.165) is 19.3 Å². The highest BCUT2D eigenvalue weighted by molar-refractivity contribution is 8.03. The topological polar surface area (TPSA) is 35.5 Å². The van der Waals surface area contributed by atoms with Crippen molar-refractivity contribution in [1.29, 1.82) is 0 Å². The first-order chi connectivity index (χ1) is 12.1. The lowest BCUT2D eigenvalue weighted by Gasteiger charge is -2.25. The molecule has 0 fully saturated rings. The Balaban J connectivity index is 4.06. The van der Waals surface area contributed by atoms with Crippen LogP contribution in [0.5, 0.6) is 0 Å². The largest absolute Gasteiger partial charge is 0.467 e. The average Bonchev–Trinajstić information content (AvgIpc) is 2.64. The van der Waals surface area contributed by atoms with Crippen LogP contribution in [0.1, 0.15) is 77.6 Å². The lowest BCUT2D eigenvalue weighted by Crippen LogP contribution is -2.25. The van der Waals surface area contributed by atoms with Crippen LogP contribution in [0, 0.1) is 0 Å². The maximum Gasteiger partial charge on any atom is 0.334 e. The van der Waals surface area contributed by atoms with Crippen molar-refractivity contribution in [2.75, 3.05) is 26.7 Å². The Morgan fingerprint density at radius 2 is 1.32 bits per heavy atom. The van der Waals surface area contributed by atoms with Crippen LogP contribution in [0.3, 0.4) is 0 Å². The Hall–Kier alpha value is 0.130. The SMILES string of the molecule is CCCCCCCCCC(SC)C(CCCC(OC)C(=O)OC)SC. The summed E-state index contributed by atoms with van der Waals surface area (Å²) in [5, 5.41) is 1.37. The van der Waals surface area contributed by atoms with Crippen molar-refractivity contribution in [1.82, 2.24) is 0 Å². The summed E-state index contributed by atoms with van der Waals surface area (Å²) in [6.07, 6.45) is 17.9. The minimum absolute atomic E-state index is 0.257. The van der Waals surface area contributed by atoms with Crippen molar-refractivity contribution < 1.29 is 14.3 Å². The zero-order valence-corrected chi connectivity index (χ0v) is 18.7. The predicted octanol–water partition coefficient (Wildman–Crippen LogP) is 5.95. The first-order valence-corrected chi connectivity index (χ1v) is 12.4. The average molecular weight is 393 g/mol. The van der Waals surface area contributed by atoms with Crippen LogP contribution < -0.4 is 0 Å². The van der Waals surface area contributed by atoms with Gasteiger partial charge in [-0.1, -0.05) is 51.9 Å². The van der Waals surface area contributed by atoms with Crippen molar-refractivity contribution in [3.8, 4) is 0 Å². The second-order valence-electron chi connectivity index (χ2n) is 6.64. The molecule has 0 aliphatic carbocycles. The minimum atomic E-state index is -0.414. The van der Waals surface area contributed by atoms with E-state index in [0.29, 0.717) is 10.5 Å². The highest BCUT2D eigenvalue weighted by atomic mass is 32.2. The molecule has 3 atom stereocenters. The number of carbonyl (C=O) groups is 1. The number of unbranched alkanes of at least 4 members (excludes halogenated alkanes) is 6. The normalized spacial score (nSPS) is 14.9. The summed E-state index contributed by atoms with van der Waals surface area (Å²) >= 11 is 3.98. The van der Waals surface area contributed by atoms with Crippen molar-refractivity contribution in [3.63, 3.8) is 0 Å². The van der Waals surface area contributed by atoms with Crippen molar-refractivity contribution >= 4 is 29.5 Å². The smallest absolute Gasteiger partial charge is 0.334 e. The molecule has 150 valence electrons. The fourth-order valence-electron chi connectivity index (χ4n) is 3.18. The summed E-state index contributed by atoms with van der Waals surface area (Å²) in [6, 6.07) is 0. The molecular weight excluding hydrogens is 352 g/mol. The Bertz CT molecular complexity index is 313. The molecule has 0 saturated heterocycles. The Morgan fingerprint density at radius 3 is 1.80 bits per heavy atom. The molecule has 0 aliphatic rings. The van der Waals surface area contributed by atoms with Gasteiger partial charge >= 0.3 is 5.97 Å². The van der Waals surface area contributed by atoms with Gasteiger partial charge in [0.25, 0.3) is 0 Å². The quantitative estimate of drug-likeness (QED) is 0.226. The summed E-state index contributed by atoms with van der Waals surface area (Å²) in [7, 11) is 3.00. The number of rotatable bonds is 17. The maximum absolute atomic E-state index is 11.6. The van der Waals surface area contributed by atoms with Crippen LogP contribution in [0.15, 0.2) is 0 Å². The molecule has 0 aliphatic heterocycles. The number of esters is 1. The highest BCUT2D eigenvalue weighted by Crippen LogP contribution is 2.30. The van der Waals surface area contributed by atoms with E-state index in [9.17, 15) is 4.79 Å². The van der Waals surface area contributed by atoms with Crippen molar-refractivity contribution in [3.05, 3.63) is 0 Å². The fraction of sp³-hybridized carbons (Fsp3) is 0.950. The number of hydrogen-bond donors (Lipinski definition) is 0. The Kier molecular flexibility index (Phi) is 17.6. The van der Waals surface area contributed by atoms with Gasteiger partial charge in [0.1, 0.15) is 0 Å². The molecule has 0 radical (unpaired) electrons. The number of ether oxygens (including phenoxy) is 2. The van der Waals surface area contributed by atoms with Gasteiger partial charge in [-0.05, 0) is 38.2 Å². The molecule has 0 saturated carbocycles. The van der Waals surface area contributed by atoms with Gasteiger partial charge in [0, 0.05) is 17.6 Å². The van der Waals surface area contributed by atoms with Crippen molar-refractivity contribution in [2.24, 2.45) is 0 Å². The minimum Gasteiger partial charge on any atom is -0.467 e. The zero-order chi connectivity index (χ0) is 18.9. The predicted molar refractivity (Wildman–Crippen MR) is 114 cm³/mol. The molecule has 0 aromatic heterocycles. The summed E-state index contributed by atoms with van der Waals surface area (Å²) in [5.74, 6) is -0.257.